The van der Waals surface area contributed by atoms with Crippen LogP contribution in [0.15, 0.2) is 53.5 Å². The Morgan fingerprint density at radius 1 is 1.15 bits per heavy atom. The topological polar surface area (TPSA) is 54.4 Å². The van der Waals surface area contributed by atoms with Crippen LogP contribution in [-0.4, -0.2) is 21.3 Å². The lowest BCUT2D eigenvalue weighted by Gasteiger charge is -2.10. The number of rotatable bonds is 3. The lowest BCUT2D eigenvalue weighted by atomic mass is 10.1. The Kier molecular flexibility index (Phi) is 4.65. The van der Waals surface area contributed by atoms with Gasteiger partial charge in [-0.15, -0.1) is 0 Å². The number of para-hydroxylation sites is 1. The van der Waals surface area contributed by atoms with E-state index in [1.54, 1.807) is 6.07 Å². The standard InChI is InChI=1S/C18H12F3N3OS2/c19-18(20,21)11-5-3-4-10(8-11)9-14-15(25)23-17(27-14)24-16-22-12-6-1-2-7-13(12)26-16/h1-8,14H,9H2,(H,22,23,24,25). The zero-order chi connectivity index (χ0) is 19.0. The van der Waals surface area contributed by atoms with E-state index in [1.807, 2.05) is 24.3 Å². The maximum atomic E-state index is 12.8. The molecule has 1 N–H and O–H groups in total. The molecule has 1 unspecified atom stereocenters. The second-order valence-corrected chi connectivity index (χ2v) is 8.08. The number of nitrogens with zero attached hydrogens (tertiary/aromatic N) is 2. The van der Waals surface area contributed by atoms with Crippen LogP contribution in [0.5, 0.6) is 0 Å². The predicted octanol–water partition coefficient (Wildman–Crippen LogP) is 4.78. The van der Waals surface area contributed by atoms with Crippen LogP contribution in [0, 0.1) is 0 Å². The minimum Gasteiger partial charge on any atom is -0.304 e. The van der Waals surface area contributed by atoms with E-state index in [0.717, 1.165) is 22.3 Å². The molecule has 0 spiro atoms. The van der Waals surface area contributed by atoms with E-state index in [4.69, 9.17) is 0 Å². The molecule has 2 heterocycles. The Bertz CT molecular complexity index is 1010. The van der Waals surface area contributed by atoms with Crippen LogP contribution in [0.25, 0.3) is 10.2 Å². The first-order valence-electron chi connectivity index (χ1n) is 7.96. The summed E-state index contributed by atoms with van der Waals surface area (Å²) in [6.45, 7) is 0. The number of alkyl halides is 3. The average Bonchev–Trinajstić information content (AvgIpc) is 3.17. The number of carbonyl (C=O) groups excluding carboxylic acids is 1. The summed E-state index contributed by atoms with van der Waals surface area (Å²) >= 11 is 2.61. The van der Waals surface area contributed by atoms with Gasteiger partial charge in [-0.25, -0.2) is 4.98 Å². The molecule has 9 heteroatoms. The minimum absolute atomic E-state index is 0.194. The van der Waals surface area contributed by atoms with Crippen LogP contribution in [-0.2, 0) is 17.4 Å². The quantitative estimate of drug-likeness (QED) is 0.680. The first kappa shape index (κ1) is 18.0. The van der Waals surface area contributed by atoms with Gasteiger partial charge in [0.25, 0.3) is 0 Å². The highest BCUT2D eigenvalue weighted by molar-refractivity contribution is 8.15. The molecule has 1 aliphatic heterocycles. The summed E-state index contributed by atoms with van der Waals surface area (Å²) in [5.41, 5.74) is 0.571. The molecule has 2 aromatic carbocycles. The first-order valence-corrected chi connectivity index (χ1v) is 9.66. The molecule has 4 rings (SSSR count). The Labute approximate surface area is 160 Å². The van der Waals surface area contributed by atoms with Crippen LogP contribution in [0.4, 0.5) is 18.3 Å². The third-order valence-corrected chi connectivity index (χ3v) is 5.94. The van der Waals surface area contributed by atoms with Crippen LogP contribution in [0.3, 0.4) is 0 Å². The van der Waals surface area contributed by atoms with E-state index < -0.39 is 17.0 Å². The van der Waals surface area contributed by atoms with Crippen molar-refractivity contribution in [2.24, 2.45) is 4.99 Å². The lowest BCUT2D eigenvalue weighted by Crippen LogP contribution is -2.26. The molecule has 138 valence electrons. The number of benzene rings is 2. The molecule has 1 amide bonds. The third kappa shape index (κ3) is 3.98. The summed E-state index contributed by atoms with van der Waals surface area (Å²) in [5, 5.41) is 3.09. The Balaban J connectivity index is 1.51. The number of fused-ring (bicyclic) bond motifs is 1. The summed E-state index contributed by atoms with van der Waals surface area (Å²) in [6.07, 6.45) is -4.21. The number of amides is 1. The smallest absolute Gasteiger partial charge is 0.304 e. The molecule has 1 atom stereocenters. The van der Waals surface area contributed by atoms with E-state index >= 15 is 0 Å². The SMILES string of the molecule is O=C1N/C(=N/c2nc3ccccc3s2)SC1Cc1cccc(C(F)(F)F)c1. The summed E-state index contributed by atoms with van der Waals surface area (Å²) in [4.78, 5) is 20.9. The van der Waals surface area contributed by atoms with E-state index in [-0.39, 0.29) is 12.3 Å². The van der Waals surface area contributed by atoms with Crippen molar-refractivity contribution in [2.75, 3.05) is 0 Å². The van der Waals surface area contributed by atoms with Gasteiger partial charge < -0.3 is 5.32 Å². The highest BCUT2D eigenvalue weighted by Crippen LogP contribution is 2.32. The van der Waals surface area contributed by atoms with Gasteiger partial charge in [-0.2, -0.15) is 18.2 Å². The Morgan fingerprint density at radius 2 is 1.96 bits per heavy atom. The number of thiazole rings is 1. The number of aromatic nitrogens is 1. The molecule has 1 saturated heterocycles. The zero-order valence-electron chi connectivity index (χ0n) is 13.7. The summed E-state index contributed by atoms with van der Waals surface area (Å²) < 4.78 is 39.5. The van der Waals surface area contributed by atoms with Crippen molar-refractivity contribution in [3.05, 3.63) is 59.7 Å². The lowest BCUT2D eigenvalue weighted by molar-refractivity contribution is -0.137. The second-order valence-electron chi connectivity index (χ2n) is 5.88. The van der Waals surface area contributed by atoms with Gasteiger partial charge in [0.15, 0.2) is 5.17 Å². The van der Waals surface area contributed by atoms with Gasteiger partial charge in [0.05, 0.1) is 21.0 Å². The molecular weight excluding hydrogens is 395 g/mol. The number of hydrogen-bond donors (Lipinski definition) is 1. The third-order valence-electron chi connectivity index (χ3n) is 3.93. The maximum Gasteiger partial charge on any atom is 0.416 e. The van der Waals surface area contributed by atoms with Gasteiger partial charge in [-0.3, -0.25) is 4.79 Å². The number of amidine groups is 1. The summed E-state index contributed by atoms with van der Waals surface area (Å²) in [6, 6.07) is 12.7. The largest absolute Gasteiger partial charge is 0.416 e. The average molecular weight is 407 g/mol. The molecule has 0 bridgehead atoms. The molecule has 27 heavy (non-hydrogen) atoms. The number of carbonyl (C=O) groups is 1. The van der Waals surface area contributed by atoms with Gasteiger partial charge in [-0.1, -0.05) is 53.4 Å². The number of thioether (sulfide) groups is 1. The van der Waals surface area contributed by atoms with Gasteiger partial charge in [-0.05, 0) is 30.2 Å². The fourth-order valence-corrected chi connectivity index (χ4v) is 4.59. The van der Waals surface area contributed by atoms with Gasteiger partial charge in [0.1, 0.15) is 0 Å². The number of aliphatic imine (C=N–C) groups is 1. The van der Waals surface area contributed by atoms with Crippen LogP contribution < -0.4 is 5.32 Å². The molecule has 3 aromatic rings. The Morgan fingerprint density at radius 3 is 2.74 bits per heavy atom. The highest BCUT2D eigenvalue weighted by Gasteiger charge is 2.33. The monoisotopic (exact) mass is 407 g/mol. The highest BCUT2D eigenvalue weighted by atomic mass is 32.2. The fourth-order valence-electron chi connectivity index (χ4n) is 2.68. The van der Waals surface area contributed by atoms with Crippen molar-refractivity contribution in [3.63, 3.8) is 0 Å². The molecular formula is C18H12F3N3OS2. The van der Waals surface area contributed by atoms with Gasteiger partial charge in [0.2, 0.25) is 11.0 Å². The molecule has 0 aliphatic carbocycles. The molecule has 4 nitrogen and oxygen atoms in total. The normalized spacial score (nSPS) is 19.0. The van der Waals surface area contributed by atoms with Crippen molar-refractivity contribution in [1.29, 1.82) is 0 Å². The fraction of sp³-hybridized carbons (Fsp3) is 0.167. The summed E-state index contributed by atoms with van der Waals surface area (Å²) in [7, 11) is 0. The van der Waals surface area contributed by atoms with Crippen LogP contribution in [0.1, 0.15) is 11.1 Å². The molecule has 0 saturated carbocycles. The predicted molar refractivity (Wildman–Crippen MR) is 101 cm³/mol. The second kappa shape index (κ2) is 6.97. The molecule has 1 aliphatic rings. The zero-order valence-corrected chi connectivity index (χ0v) is 15.3. The van der Waals surface area contributed by atoms with Gasteiger partial charge >= 0.3 is 6.18 Å². The van der Waals surface area contributed by atoms with Crippen molar-refractivity contribution in [1.82, 2.24) is 10.3 Å². The Hall–Kier alpha value is -2.39. The van der Waals surface area contributed by atoms with Crippen LogP contribution in [0.2, 0.25) is 0 Å². The minimum atomic E-state index is -4.40. The molecule has 0 radical (unpaired) electrons. The maximum absolute atomic E-state index is 12.8. The van der Waals surface area contributed by atoms with Gasteiger partial charge in [0, 0.05) is 0 Å². The number of nitrogens with one attached hydrogen (secondary N) is 1. The summed E-state index contributed by atoms with van der Waals surface area (Å²) in [5.74, 6) is -0.266. The van der Waals surface area contributed by atoms with Crippen molar-refractivity contribution < 1.29 is 18.0 Å². The van der Waals surface area contributed by atoms with Crippen molar-refractivity contribution in [2.45, 2.75) is 17.8 Å². The van der Waals surface area contributed by atoms with Crippen LogP contribution >= 0.6 is 23.1 Å². The van der Waals surface area contributed by atoms with Crippen molar-refractivity contribution in [3.8, 4) is 0 Å². The first-order chi connectivity index (χ1) is 12.9. The number of halogens is 3. The van der Waals surface area contributed by atoms with E-state index in [1.165, 1.54) is 29.2 Å². The number of hydrogen-bond acceptors (Lipinski definition) is 5. The van der Waals surface area contributed by atoms with Crippen molar-refractivity contribution >= 4 is 49.5 Å². The van der Waals surface area contributed by atoms with E-state index in [9.17, 15) is 18.0 Å². The van der Waals surface area contributed by atoms with E-state index in [2.05, 4.69) is 15.3 Å². The van der Waals surface area contributed by atoms with E-state index in [0.29, 0.717) is 15.9 Å². The molecule has 1 fully saturated rings. The molecule has 1 aromatic heterocycles.